The number of aryl methyl sites for hydroxylation is 1. The summed E-state index contributed by atoms with van der Waals surface area (Å²) in [5.74, 6) is 1.15. The lowest BCUT2D eigenvalue weighted by molar-refractivity contribution is 0.346. The van der Waals surface area contributed by atoms with Crippen LogP contribution in [0.15, 0.2) is 35.4 Å². The van der Waals surface area contributed by atoms with Crippen LogP contribution in [0, 0.1) is 6.92 Å². The molecule has 140 valence electrons. The highest BCUT2D eigenvalue weighted by Crippen LogP contribution is 2.25. The quantitative estimate of drug-likeness (QED) is 0.727. The third-order valence-electron chi connectivity index (χ3n) is 4.21. The third kappa shape index (κ3) is 4.28. The Kier molecular flexibility index (Phi) is 6.00. The average Bonchev–Trinajstić information content (AvgIpc) is 2.66. The van der Waals surface area contributed by atoms with E-state index in [1.807, 2.05) is 19.2 Å². The Morgan fingerprint density at radius 1 is 1.19 bits per heavy atom. The van der Waals surface area contributed by atoms with E-state index in [4.69, 9.17) is 0 Å². The van der Waals surface area contributed by atoms with E-state index in [0.717, 1.165) is 24.8 Å². The van der Waals surface area contributed by atoms with Gasteiger partial charge in [-0.1, -0.05) is 24.4 Å². The Hall–Kier alpha value is -1.84. The Morgan fingerprint density at radius 2 is 1.96 bits per heavy atom. The molecular weight excluding hydrogens is 370 g/mol. The van der Waals surface area contributed by atoms with Crippen LogP contribution in [0.5, 0.6) is 0 Å². The Bertz CT molecular complexity index is 867. The molecule has 2 aromatic rings. The number of nitrogens with one attached hydrogen (secondary N) is 2. The molecule has 2 N–H and O–H groups in total. The molecule has 0 atom stereocenters. The van der Waals surface area contributed by atoms with Gasteiger partial charge in [-0.15, -0.1) is 0 Å². The molecule has 1 aromatic carbocycles. The van der Waals surface area contributed by atoms with Crippen LogP contribution < -0.4 is 10.0 Å². The van der Waals surface area contributed by atoms with Crippen LogP contribution in [-0.4, -0.2) is 42.0 Å². The molecule has 0 saturated carbocycles. The number of piperidine rings is 1. The van der Waals surface area contributed by atoms with Crippen LogP contribution in [0.3, 0.4) is 0 Å². The van der Waals surface area contributed by atoms with Gasteiger partial charge < -0.3 is 5.32 Å². The van der Waals surface area contributed by atoms with Gasteiger partial charge in [0.15, 0.2) is 0 Å². The second kappa shape index (κ2) is 8.24. The van der Waals surface area contributed by atoms with Crippen molar-refractivity contribution in [3.05, 3.63) is 36.0 Å². The van der Waals surface area contributed by atoms with Crippen molar-refractivity contribution in [3.8, 4) is 0 Å². The fourth-order valence-electron chi connectivity index (χ4n) is 2.83. The fraction of sp³-hybridized carbons (Fsp3) is 0.412. The van der Waals surface area contributed by atoms with Crippen LogP contribution in [0.4, 0.5) is 17.5 Å². The second-order valence-electron chi connectivity index (χ2n) is 6.15. The first-order valence-electron chi connectivity index (χ1n) is 8.50. The number of aromatic nitrogens is 2. The second-order valence-corrected chi connectivity index (χ2v) is 8.70. The zero-order valence-electron chi connectivity index (χ0n) is 14.9. The van der Waals surface area contributed by atoms with Crippen LogP contribution in [-0.2, 0) is 10.0 Å². The molecule has 0 aliphatic carbocycles. The third-order valence-corrected chi connectivity index (χ3v) is 6.50. The maximum absolute atomic E-state index is 12.9. The first kappa shape index (κ1) is 18.9. The molecule has 0 spiro atoms. The summed E-state index contributed by atoms with van der Waals surface area (Å²) in [5.41, 5.74) is 1.56. The minimum absolute atomic E-state index is 0.304. The largest absolute Gasteiger partial charge is 0.340 e. The van der Waals surface area contributed by atoms with Crippen molar-refractivity contribution in [2.24, 2.45) is 0 Å². The van der Waals surface area contributed by atoms with Gasteiger partial charge in [0.05, 0.1) is 4.90 Å². The van der Waals surface area contributed by atoms with Gasteiger partial charge >= 0.3 is 0 Å². The lowest BCUT2D eigenvalue weighted by Crippen LogP contribution is -2.35. The summed E-state index contributed by atoms with van der Waals surface area (Å²) < 4.78 is 30.3. The van der Waals surface area contributed by atoms with E-state index in [1.165, 1.54) is 11.9 Å². The molecule has 0 amide bonds. The van der Waals surface area contributed by atoms with E-state index in [-0.39, 0.29) is 0 Å². The van der Waals surface area contributed by atoms with E-state index in [9.17, 15) is 8.42 Å². The van der Waals surface area contributed by atoms with Crippen molar-refractivity contribution >= 4 is 39.4 Å². The predicted octanol–water partition coefficient (Wildman–Crippen LogP) is 3.39. The van der Waals surface area contributed by atoms with Crippen molar-refractivity contribution in [2.45, 2.75) is 31.1 Å². The van der Waals surface area contributed by atoms with Crippen molar-refractivity contribution in [1.29, 1.82) is 0 Å². The highest BCUT2D eigenvalue weighted by Gasteiger charge is 2.26. The lowest BCUT2D eigenvalue weighted by Gasteiger charge is -2.26. The van der Waals surface area contributed by atoms with E-state index in [0.29, 0.717) is 35.4 Å². The molecule has 1 aliphatic rings. The monoisotopic (exact) mass is 393 g/mol. The first-order valence-corrected chi connectivity index (χ1v) is 11.2. The molecular formula is C17H23N5O2S2. The minimum Gasteiger partial charge on any atom is -0.340 e. The van der Waals surface area contributed by atoms with Crippen LogP contribution >= 0.6 is 11.9 Å². The molecule has 1 aromatic heterocycles. The van der Waals surface area contributed by atoms with E-state index < -0.39 is 10.0 Å². The standard InChI is InChI=1S/C17H23N5O2S2/c1-13-12-18-17(21-25-2)20-16(13)19-14-7-6-8-15(11-14)26(23,24)22-9-4-3-5-10-22/h6-8,11-12H,3-5,9-10H2,1-2H3,(H2,18,19,20,21). The van der Waals surface area contributed by atoms with E-state index in [2.05, 4.69) is 20.0 Å². The van der Waals surface area contributed by atoms with Gasteiger partial charge in [-0.05, 0) is 38.0 Å². The molecule has 26 heavy (non-hydrogen) atoms. The Balaban J connectivity index is 1.85. The summed E-state index contributed by atoms with van der Waals surface area (Å²) >= 11 is 1.41. The Labute approximate surface area is 158 Å². The number of anilines is 3. The number of nitrogens with zero attached hydrogens (tertiary/aromatic N) is 3. The molecule has 1 fully saturated rings. The van der Waals surface area contributed by atoms with Crippen molar-refractivity contribution in [2.75, 3.05) is 29.4 Å². The van der Waals surface area contributed by atoms with Gasteiger partial charge in [0.25, 0.3) is 0 Å². The lowest BCUT2D eigenvalue weighted by atomic mass is 10.2. The zero-order chi connectivity index (χ0) is 18.6. The minimum atomic E-state index is -3.46. The van der Waals surface area contributed by atoms with Gasteiger partial charge in [-0.25, -0.2) is 13.4 Å². The molecule has 7 nitrogen and oxygen atoms in total. The first-order chi connectivity index (χ1) is 12.5. The molecule has 0 unspecified atom stereocenters. The maximum Gasteiger partial charge on any atom is 0.243 e. The highest BCUT2D eigenvalue weighted by molar-refractivity contribution is 7.99. The van der Waals surface area contributed by atoms with Gasteiger partial charge in [0.2, 0.25) is 16.0 Å². The zero-order valence-corrected chi connectivity index (χ0v) is 16.5. The number of sulfonamides is 1. The van der Waals surface area contributed by atoms with Crippen molar-refractivity contribution in [3.63, 3.8) is 0 Å². The Morgan fingerprint density at radius 3 is 2.69 bits per heavy atom. The summed E-state index contributed by atoms with van der Waals surface area (Å²) in [5, 5.41) is 3.20. The van der Waals surface area contributed by atoms with Gasteiger partial charge in [0, 0.05) is 36.8 Å². The van der Waals surface area contributed by atoms with Gasteiger partial charge in [-0.3, -0.25) is 4.72 Å². The maximum atomic E-state index is 12.9. The summed E-state index contributed by atoms with van der Waals surface area (Å²) in [6, 6.07) is 6.88. The molecule has 9 heteroatoms. The van der Waals surface area contributed by atoms with E-state index in [1.54, 1.807) is 28.7 Å². The van der Waals surface area contributed by atoms with Crippen LogP contribution in [0.1, 0.15) is 24.8 Å². The predicted molar refractivity (Wildman–Crippen MR) is 106 cm³/mol. The summed E-state index contributed by atoms with van der Waals surface area (Å²) in [6.07, 6.45) is 6.55. The van der Waals surface area contributed by atoms with Gasteiger partial charge in [0.1, 0.15) is 5.82 Å². The molecule has 1 saturated heterocycles. The van der Waals surface area contributed by atoms with Crippen molar-refractivity contribution in [1.82, 2.24) is 14.3 Å². The van der Waals surface area contributed by atoms with Crippen molar-refractivity contribution < 1.29 is 8.42 Å². The molecule has 0 radical (unpaired) electrons. The van der Waals surface area contributed by atoms with Gasteiger partial charge in [-0.2, -0.15) is 9.29 Å². The summed E-state index contributed by atoms with van der Waals surface area (Å²) in [4.78, 5) is 8.93. The normalized spacial score (nSPS) is 15.6. The fourth-order valence-corrected chi connectivity index (χ4v) is 4.68. The number of hydrogen-bond donors (Lipinski definition) is 2. The number of rotatable bonds is 6. The molecule has 3 rings (SSSR count). The smallest absolute Gasteiger partial charge is 0.243 e. The molecule has 1 aliphatic heterocycles. The van der Waals surface area contributed by atoms with E-state index >= 15 is 0 Å². The summed E-state index contributed by atoms with van der Waals surface area (Å²) in [7, 11) is -3.46. The topological polar surface area (TPSA) is 87.2 Å². The summed E-state index contributed by atoms with van der Waals surface area (Å²) in [6.45, 7) is 3.09. The van der Waals surface area contributed by atoms with Crippen LogP contribution in [0.25, 0.3) is 0 Å². The SMILES string of the molecule is CSNc1ncc(C)c(Nc2cccc(S(=O)(=O)N3CCCCC3)c2)n1. The molecule has 2 heterocycles. The number of hydrogen-bond acceptors (Lipinski definition) is 7. The highest BCUT2D eigenvalue weighted by atomic mass is 32.2. The number of benzene rings is 1. The molecule has 0 bridgehead atoms. The average molecular weight is 394 g/mol. The van der Waals surface area contributed by atoms with Crippen LogP contribution in [0.2, 0.25) is 0 Å².